The molecular weight excluding hydrogens is 396 g/mol. The molecule has 2 amide bonds. The van der Waals surface area contributed by atoms with Gasteiger partial charge in [0.25, 0.3) is 5.91 Å². The molecule has 4 heteroatoms. The van der Waals surface area contributed by atoms with Crippen molar-refractivity contribution < 1.29 is 9.59 Å². The number of hydrogen-bond donors (Lipinski definition) is 1. The summed E-state index contributed by atoms with van der Waals surface area (Å²) in [7, 11) is 0. The molecule has 1 N–H and O–H groups in total. The number of fused-ring (bicyclic) bond motifs is 2. The molecule has 0 saturated heterocycles. The van der Waals surface area contributed by atoms with Gasteiger partial charge in [0.2, 0.25) is 5.91 Å². The van der Waals surface area contributed by atoms with Crippen molar-refractivity contribution in [3.63, 3.8) is 0 Å². The van der Waals surface area contributed by atoms with Crippen LogP contribution < -0.4 is 5.32 Å². The summed E-state index contributed by atoms with van der Waals surface area (Å²) >= 11 is 0. The van der Waals surface area contributed by atoms with E-state index in [0.29, 0.717) is 18.5 Å². The van der Waals surface area contributed by atoms with Crippen LogP contribution in [0.2, 0.25) is 0 Å². The van der Waals surface area contributed by atoms with Crippen LogP contribution in [0.3, 0.4) is 0 Å². The van der Waals surface area contributed by atoms with Gasteiger partial charge < -0.3 is 10.2 Å². The van der Waals surface area contributed by atoms with E-state index in [0.717, 1.165) is 36.5 Å². The highest BCUT2D eigenvalue weighted by Gasteiger charge is 2.24. The lowest BCUT2D eigenvalue weighted by Gasteiger charge is -2.30. The standard InChI is InChI=1S/C28H32N2O2/c1-3-20(2)30(28(32)24-16-15-21-9-4-5-11-23(21)19-24)18-17-27(31)29-26-14-8-12-22-10-6-7-13-25(22)26/h4-7,9-11,13,15-16,19-20,26H,3,8,12,14,17-18H2,1-2H3,(H,29,31). The molecular formula is C28H32N2O2. The SMILES string of the molecule is CCC(C)N(CCC(=O)NC1CCCc2ccccc21)C(=O)c1ccc2ccccc2c1. The molecule has 2 atom stereocenters. The number of benzene rings is 3. The summed E-state index contributed by atoms with van der Waals surface area (Å²) in [5.41, 5.74) is 3.24. The van der Waals surface area contributed by atoms with Crippen molar-refractivity contribution in [2.45, 2.75) is 58.0 Å². The van der Waals surface area contributed by atoms with Crippen LogP contribution >= 0.6 is 0 Å². The number of nitrogens with zero attached hydrogens (tertiary/aromatic N) is 1. The number of rotatable bonds is 7. The molecule has 0 saturated carbocycles. The first kappa shape index (κ1) is 22.1. The van der Waals surface area contributed by atoms with Gasteiger partial charge in [0.1, 0.15) is 0 Å². The Bertz CT molecular complexity index is 1110. The van der Waals surface area contributed by atoms with Crippen molar-refractivity contribution in [1.29, 1.82) is 0 Å². The van der Waals surface area contributed by atoms with E-state index in [4.69, 9.17) is 0 Å². The van der Waals surface area contributed by atoms with E-state index < -0.39 is 0 Å². The normalized spacial score (nSPS) is 16.2. The van der Waals surface area contributed by atoms with Gasteiger partial charge in [-0.05, 0) is 66.6 Å². The lowest BCUT2D eigenvalue weighted by molar-refractivity contribution is -0.122. The second-order valence-electron chi connectivity index (χ2n) is 8.78. The lowest BCUT2D eigenvalue weighted by atomic mass is 9.87. The van der Waals surface area contributed by atoms with E-state index in [9.17, 15) is 9.59 Å². The van der Waals surface area contributed by atoms with Crippen molar-refractivity contribution in [3.05, 3.63) is 83.4 Å². The molecule has 0 bridgehead atoms. The minimum Gasteiger partial charge on any atom is -0.349 e. The molecule has 0 heterocycles. The van der Waals surface area contributed by atoms with Crippen molar-refractivity contribution >= 4 is 22.6 Å². The number of aryl methyl sites for hydroxylation is 1. The number of hydrogen-bond acceptors (Lipinski definition) is 2. The molecule has 4 nitrogen and oxygen atoms in total. The van der Waals surface area contributed by atoms with E-state index in [2.05, 4.69) is 30.4 Å². The maximum atomic E-state index is 13.3. The van der Waals surface area contributed by atoms with Gasteiger partial charge >= 0.3 is 0 Å². The molecule has 3 aromatic rings. The minimum atomic E-state index is -0.0130. The molecule has 0 aromatic heterocycles. The Kier molecular flexibility index (Phi) is 6.89. The van der Waals surface area contributed by atoms with Crippen LogP contribution in [0, 0.1) is 0 Å². The smallest absolute Gasteiger partial charge is 0.254 e. The van der Waals surface area contributed by atoms with Gasteiger partial charge in [0.15, 0.2) is 0 Å². The summed E-state index contributed by atoms with van der Waals surface area (Å²) in [6, 6.07) is 22.4. The molecule has 0 radical (unpaired) electrons. The molecule has 166 valence electrons. The first-order valence-corrected chi connectivity index (χ1v) is 11.7. The van der Waals surface area contributed by atoms with E-state index in [1.165, 1.54) is 11.1 Å². The third-order valence-electron chi connectivity index (χ3n) is 6.66. The molecule has 0 spiro atoms. The van der Waals surface area contributed by atoms with Crippen LogP contribution in [0.15, 0.2) is 66.7 Å². The molecule has 1 aliphatic carbocycles. The summed E-state index contributed by atoms with van der Waals surface area (Å²) in [6.07, 6.45) is 4.28. The fourth-order valence-electron chi connectivity index (χ4n) is 4.62. The van der Waals surface area contributed by atoms with Crippen molar-refractivity contribution in [1.82, 2.24) is 10.2 Å². The van der Waals surface area contributed by atoms with Gasteiger partial charge in [-0.25, -0.2) is 0 Å². The second-order valence-corrected chi connectivity index (χ2v) is 8.78. The van der Waals surface area contributed by atoms with Gasteiger partial charge in [0.05, 0.1) is 6.04 Å². The topological polar surface area (TPSA) is 49.4 Å². The van der Waals surface area contributed by atoms with Crippen LogP contribution in [-0.4, -0.2) is 29.3 Å². The first-order valence-electron chi connectivity index (χ1n) is 11.7. The summed E-state index contributed by atoms with van der Waals surface area (Å²) in [5, 5.41) is 5.38. The van der Waals surface area contributed by atoms with Crippen LogP contribution in [0.5, 0.6) is 0 Å². The lowest BCUT2D eigenvalue weighted by Crippen LogP contribution is -2.41. The third kappa shape index (κ3) is 4.85. The predicted molar refractivity (Wildman–Crippen MR) is 130 cm³/mol. The zero-order valence-corrected chi connectivity index (χ0v) is 19.0. The largest absolute Gasteiger partial charge is 0.349 e. The van der Waals surface area contributed by atoms with E-state index in [1.807, 2.05) is 60.4 Å². The zero-order chi connectivity index (χ0) is 22.5. The molecule has 1 aliphatic rings. The van der Waals surface area contributed by atoms with Crippen molar-refractivity contribution in [2.24, 2.45) is 0 Å². The highest BCUT2D eigenvalue weighted by atomic mass is 16.2. The monoisotopic (exact) mass is 428 g/mol. The number of carbonyl (C=O) groups excluding carboxylic acids is 2. The van der Waals surface area contributed by atoms with E-state index in [1.54, 1.807) is 0 Å². The van der Waals surface area contributed by atoms with Crippen LogP contribution in [0.1, 0.15) is 67.1 Å². The average Bonchev–Trinajstić information content (AvgIpc) is 2.83. The Hall–Kier alpha value is -3.14. The fourth-order valence-corrected chi connectivity index (χ4v) is 4.62. The van der Waals surface area contributed by atoms with Gasteiger partial charge in [-0.1, -0.05) is 61.5 Å². The Balaban J connectivity index is 1.44. The van der Waals surface area contributed by atoms with Crippen LogP contribution in [0.25, 0.3) is 10.8 Å². The minimum absolute atomic E-state index is 0.00585. The first-order chi connectivity index (χ1) is 15.6. The van der Waals surface area contributed by atoms with Crippen LogP contribution in [-0.2, 0) is 11.2 Å². The maximum absolute atomic E-state index is 13.3. The van der Waals surface area contributed by atoms with Crippen LogP contribution in [0.4, 0.5) is 0 Å². The van der Waals surface area contributed by atoms with Crippen molar-refractivity contribution in [3.8, 4) is 0 Å². The van der Waals surface area contributed by atoms with Gasteiger partial charge in [-0.2, -0.15) is 0 Å². The van der Waals surface area contributed by atoms with Gasteiger partial charge in [0, 0.05) is 24.6 Å². The van der Waals surface area contributed by atoms with Gasteiger partial charge in [-0.15, -0.1) is 0 Å². The summed E-state index contributed by atoms with van der Waals surface area (Å²) in [4.78, 5) is 28.0. The molecule has 0 aliphatic heterocycles. The Morgan fingerprint density at radius 1 is 1.03 bits per heavy atom. The summed E-state index contributed by atoms with van der Waals surface area (Å²) in [6.45, 7) is 4.54. The molecule has 3 aromatic carbocycles. The van der Waals surface area contributed by atoms with Gasteiger partial charge in [-0.3, -0.25) is 9.59 Å². The third-order valence-corrected chi connectivity index (χ3v) is 6.66. The number of nitrogens with one attached hydrogen (secondary N) is 1. The predicted octanol–water partition coefficient (Wildman–Crippen LogP) is 5.66. The molecule has 32 heavy (non-hydrogen) atoms. The highest BCUT2D eigenvalue weighted by Crippen LogP contribution is 2.29. The molecule has 0 fully saturated rings. The Morgan fingerprint density at radius 2 is 1.78 bits per heavy atom. The van der Waals surface area contributed by atoms with Crippen molar-refractivity contribution in [2.75, 3.05) is 6.54 Å². The number of amides is 2. The Labute approximate surface area is 190 Å². The Morgan fingerprint density at radius 3 is 2.59 bits per heavy atom. The van der Waals surface area contributed by atoms with E-state index in [-0.39, 0.29) is 23.9 Å². The average molecular weight is 429 g/mol. The number of carbonyl (C=O) groups is 2. The zero-order valence-electron chi connectivity index (χ0n) is 19.0. The van der Waals surface area contributed by atoms with E-state index >= 15 is 0 Å². The summed E-state index contributed by atoms with van der Waals surface area (Å²) in [5.74, 6) is -0.00719. The fraction of sp³-hybridized carbons (Fsp3) is 0.357. The highest BCUT2D eigenvalue weighted by molar-refractivity contribution is 5.99. The molecule has 2 unspecified atom stereocenters. The molecule has 4 rings (SSSR count). The second kappa shape index (κ2) is 9.99. The maximum Gasteiger partial charge on any atom is 0.254 e. The quantitative estimate of drug-likeness (QED) is 0.527. The summed E-state index contributed by atoms with van der Waals surface area (Å²) < 4.78 is 0.